The molecule has 0 saturated heterocycles. The normalized spacial score (nSPS) is 19.6. The Morgan fingerprint density at radius 1 is 1.04 bits per heavy atom. The van der Waals surface area contributed by atoms with Crippen molar-refractivity contribution in [3.63, 3.8) is 0 Å². The largest absolute Gasteiger partial charge is 0.503 e. The van der Waals surface area contributed by atoms with Crippen molar-refractivity contribution in [1.29, 1.82) is 0 Å². The molecular weight excluding hydrogens is 362 g/mol. The average molecular weight is 379 g/mol. The Morgan fingerprint density at radius 2 is 1.71 bits per heavy atom. The molecule has 8 nitrogen and oxygen atoms in total. The maximum absolute atomic E-state index is 12.7. The van der Waals surface area contributed by atoms with Gasteiger partial charge >= 0.3 is 0 Å². The summed E-state index contributed by atoms with van der Waals surface area (Å²) in [7, 11) is 0. The first-order valence-electron chi connectivity index (χ1n) is 8.62. The molecule has 1 aliphatic heterocycles. The van der Waals surface area contributed by atoms with Crippen LogP contribution in [0.25, 0.3) is 16.6 Å². The topological polar surface area (TPSA) is 127 Å². The number of fused-ring (bicyclic) bond motifs is 1. The molecule has 0 aliphatic carbocycles. The van der Waals surface area contributed by atoms with Crippen molar-refractivity contribution in [2.45, 2.75) is 5.72 Å². The molecule has 0 radical (unpaired) electrons. The van der Waals surface area contributed by atoms with E-state index in [-0.39, 0.29) is 23.4 Å². The molecule has 0 bridgehead atoms. The van der Waals surface area contributed by atoms with E-state index >= 15 is 0 Å². The molecule has 2 heterocycles. The van der Waals surface area contributed by atoms with E-state index in [0.29, 0.717) is 11.0 Å². The number of hydrogen-bond acceptors (Lipinski definition) is 6. The molecule has 8 heteroatoms. The molecule has 2 aromatic carbocycles. The highest BCUT2D eigenvalue weighted by Crippen LogP contribution is 2.44. The predicted octanol–water partition coefficient (Wildman–Crippen LogP) is 0.872. The second kappa shape index (κ2) is 6.59. The van der Waals surface area contributed by atoms with Crippen LogP contribution in [-0.2, 0) is 10.5 Å². The molecule has 4 rings (SSSR count). The number of carbonyl (C=O) groups is 1. The van der Waals surface area contributed by atoms with Crippen LogP contribution in [0.15, 0.2) is 65.2 Å². The second-order valence-corrected chi connectivity index (χ2v) is 6.37. The van der Waals surface area contributed by atoms with Crippen molar-refractivity contribution >= 4 is 22.5 Å². The van der Waals surface area contributed by atoms with Crippen LogP contribution in [-0.4, -0.2) is 49.2 Å². The van der Waals surface area contributed by atoms with E-state index in [1.54, 1.807) is 54.6 Å². The zero-order valence-electron chi connectivity index (χ0n) is 14.7. The number of amides is 1. The van der Waals surface area contributed by atoms with Gasteiger partial charge in [0.1, 0.15) is 5.69 Å². The van der Waals surface area contributed by atoms with Gasteiger partial charge in [0.05, 0.1) is 23.2 Å². The van der Waals surface area contributed by atoms with E-state index in [1.165, 1.54) is 0 Å². The number of aliphatic hydroxyl groups excluding tert-OH is 2. The third kappa shape index (κ3) is 2.50. The van der Waals surface area contributed by atoms with Gasteiger partial charge in [0.25, 0.3) is 11.5 Å². The van der Waals surface area contributed by atoms with E-state index in [4.69, 9.17) is 0 Å². The summed E-state index contributed by atoms with van der Waals surface area (Å²) in [5, 5.41) is 31.5. The summed E-state index contributed by atoms with van der Waals surface area (Å²) in [5.41, 5.74) is -2.23. The lowest BCUT2D eigenvalue weighted by Gasteiger charge is -2.35. The molecule has 0 saturated carbocycles. The molecule has 142 valence electrons. The van der Waals surface area contributed by atoms with Crippen molar-refractivity contribution in [2.24, 2.45) is 0 Å². The van der Waals surface area contributed by atoms with E-state index in [1.807, 2.05) is 0 Å². The summed E-state index contributed by atoms with van der Waals surface area (Å²) in [6, 6.07) is 15.0. The standard InChI is InChI=1S/C20H17N3O5/c24-11-10-23-19(27)17(25)15(20(23,28)12-6-2-1-3-7-12)16-18(26)22-14-9-5-4-8-13(14)21-16/h1-9,24-25,28H,10-11H2,(H,22,26). The summed E-state index contributed by atoms with van der Waals surface area (Å²) in [4.78, 5) is 33.2. The number of carbonyl (C=O) groups excluding carboxylic acids is 1. The van der Waals surface area contributed by atoms with E-state index in [0.717, 1.165) is 4.90 Å². The SMILES string of the molecule is O=C1C(O)=C(c2nc3ccccc3[nH]c2=O)C(O)(c2ccccc2)N1CCO. The van der Waals surface area contributed by atoms with Gasteiger partial charge in [0, 0.05) is 12.1 Å². The van der Waals surface area contributed by atoms with Crippen molar-refractivity contribution in [3.8, 4) is 0 Å². The summed E-state index contributed by atoms with van der Waals surface area (Å²) < 4.78 is 0. The fraction of sp³-hybridized carbons (Fsp3) is 0.150. The molecular formula is C20H17N3O5. The summed E-state index contributed by atoms with van der Waals surface area (Å²) >= 11 is 0. The number of aliphatic hydroxyl groups is 3. The van der Waals surface area contributed by atoms with Gasteiger partial charge in [-0.2, -0.15) is 0 Å². The van der Waals surface area contributed by atoms with Crippen LogP contribution < -0.4 is 5.56 Å². The highest BCUT2D eigenvalue weighted by molar-refractivity contribution is 6.06. The van der Waals surface area contributed by atoms with Gasteiger partial charge in [-0.25, -0.2) is 4.98 Å². The zero-order chi connectivity index (χ0) is 19.9. The molecule has 3 aromatic rings. The van der Waals surface area contributed by atoms with Crippen LogP contribution in [0.2, 0.25) is 0 Å². The Bertz CT molecular complexity index is 1160. The lowest BCUT2D eigenvalue weighted by Crippen LogP contribution is -2.47. The highest BCUT2D eigenvalue weighted by Gasteiger charge is 2.53. The molecule has 4 N–H and O–H groups in total. The maximum atomic E-state index is 12.7. The molecule has 1 aromatic heterocycles. The highest BCUT2D eigenvalue weighted by atomic mass is 16.3. The molecule has 0 spiro atoms. The van der Waals surface area contributed by atoms with E-state index in [2.05, 4.69) is 9.97 Å². The van der Waals surface area contributed by atoms with Crippen LogP contribution in [0.3, 0.4) is 0 Å². The summed E-state index contributed by atoms with van der Waals surface area (Å²) in [5.74, 6) is -1.68. The number of β-amino-alcohol motifs (C(OH)–C–C–N with tert-alkyl or cyclic N) is 1. The quantitative estimate of drug-likeness (QED) is 0.533. The average Bonchev–Trinajstić information content (AvgIpc) is 2.90. The third-order valence-electron chi connectivity index (χ3n) is 4.76. The Balaban J connectivity index is 2.02. The Morgan fingerprint density at radius 3 is 2.43 bits per heavy atom. The number of aromatic nitrogens is 2. The minimum absolute atomic E-state index is 0.247. The van der Waals surface area contributed by atoms with Gasteiger partial charge in [-0.3, -0.25) is 14.5 Å². The maximum Gasteiger partial charge on any atom is 0.292 e. The zero-order valence-corrected chi connectivity index (χ0v) is 14.7. The molecule has 1 amide bonds. The fourth-order valence-electron chi connectivity index (χ4n) is 3.49. The van der Waals surface area contributed by atoms with Gasteiger partial charge < -0.3 is 20.3 Å². The number of para-hydroxylation sites is 2. The first kappa shape index (κ1) is 17.9. The van der Waals surface area contributed by atoms with Gasteiger partial charge in [0.2, 0.25) is 0 Å². The monoisotopic (exact) mass is 379 g/mol. The van der Waals surface area contributed by atoms with Crippen molar-refractivity contribution in [1.82, 2.24) is 14.9 Å². The van der Waals surface area contributed by atoms with Crippen LogP contribution >= 0.6 is 0 Å². The minimum Gasteiger partial charge on any atom is -0.503 e. The van der Waals surface area contributed by atoms with Gasteiger partial charge in [-0.05, 0) is 12.1 Å². The van der Waals surface area contributed by atoms with E-state index in [9.17, 15) is 24.9 Å². The second-order valence-electron chi connectivity index (χ2n) is 6.37. The minimum atomic E-state index is -2.16. The van der Waals surface area contributed by atoms with Gasteiger partial charge in [-0.1, -0.05) is 42.5 Å². The van der Waals surface area contributed by atoms with E-state index < -0.39 is 29.6 Å². The molecule has 1 atom stereocenters. The number of benzene rings is 2. The number of hydrogen-bond donors (Lipinski definition) is 4. The number of aromatic amines is 1. The number of rotatable bonds is 4. The molecule has 1 aliphatic rings. The van der Waals surface area contributed by atoms with Crippen LogP contribution in [0.5, 0.6) is 0 Å². The van der Waals surface area contributed by atoms with Crippen LogP contribution in [0.4, 0.5) is 0 Å². The smallest absolute Gasteiger partial charge is 0.292 e. The lowest BCUT2D eigenvalue weighted by molar-refractivity contribution is -0.145. The van der Waals surface area contributed by atoms with Crippen molar-refractivity contribution in [2.75, 3.05) is 13.2 Å². The lowest BCUT2D eigenvalue weighted by atomic mass is 9.92. The number of nitrogens with one attached hydrogen (secondary N) is 1. The van der Waals surface area contributed by atoms with Crippen LogP contribution in [0, 0.1) is 0 Å². The Kier molecular flexibility index (Phi) is 4.21. The van der Waals surface area contributed by atoms with Gasteiger partial charge in [0.15, 0.2) is 11.5 Å². The first-order chi connectivity index (χ1) is 13.5. The van der Waals surface area contributed by atoms with Crippen LogP contribution in [0.1, 0.15) is 11.3 Å². The van der Waals surface area contributed by atoms with Crippen molar-refractivity contribution in [3.05, 3.63) is 82.0 Å². The molecule has 28 heavy (non-hydrogen) atoms. The van der Waals surface area contributed by atoms with Crippen molar-refractivity contribution < 1.29 is 20.1 Å². The Hall–Kier alpha value is -3.49. The third-order valence-corrected chi connectivity index (χ3v) is 4.76. The first-order valence-corrected chi connectivity index (χ1v) is 8.62. The molecule has 0 fully saturated rings. The summed E-state index contributed by atoms with van der Waals surface area (Å²) in [6.45, 7) is -0.688. The van der Waals surface area contributed by atoms with Gasteiger partial charge in [-0.15, -0.1) is 0 Å². The predicted molar refractivity (Wildman–Crippen MR) is 101 cm³/mol. The fourth-order valence-corrected chi connectivity index (χ4v) is 3.49. The Labute approximate surface area is 159 Å². The molecule has 1 unspecified atom stereocenters. The number of H-pyrrole nitrogens is 1. The summed E-state index contributed by atoms with van der Waals surface area (Å²) in [6.07, 6.45) is 0. The number of nitrogens with zero attached hydrogens (tertiary/aromatic N) is 2.